The van der Waals surface area contributed by atoms with Gasteiger partial charge in [0.2, 0.25) is 0 Å². The van der Waals surface area contributed by atoms with Crippen LogP contribution in [0.1, 0.15) is 11.1 Å². The highest BCUT2D eigenvalue weighted by molar-refractivity contribution is 9.10. The van der Waals surface area contributed by atoms with Crippen molar-refractivity contribution >= 4 is 59.6 Å². The highest BCUT2D eigenvalue weighted by Gasteiger charge is 2.11. The molecule has 0 bridgehead atoms. The molecule has 24 heavy (non-hydrogen) atoms. The Balaban J connectivity index is 1.98. The molecule has 0 aromatic heterocycles. The Hall–Kier alpha value is -1.50. The van der Waals surface area contributed by atoms with E-state index in [1.807, 2.05) is 36.4 Å². The molecule has 0 heterocycles. The van der Waals surface area contributed by atoms with Gasteiger partial charge < -0.3 is 0 Å². The quantitative estimate of drug-likeness (QED) is 0.566. The molecule has 0 spiro atoms. The van der Waals surface area contributed by atoms with E-state index < -0.39 is 21.4 Å². The number of hydrogen-bond donors (Lipinski definition) is 0. The standard InChI is InChI=1S/C18H14Br2O3S/c19-16-6-1-14(2-7-16)5-10-18(21)13-24(22,23)12-11-15-3-8-17(20)9-4-15/h1-12H,13H2/b10-5+,12-11+. The molecule has 0 N–H and O–H groups in total. The van der Waals surface area contributed by atoms with Crippen molar-refractivity contribution in [1.29, 1.82) is 0 Å². The number of sulfone groups is 1. The van der Waals surface area contributed by atoms with Crippen LogP contribution in [0.2, 0.25) is 0 Å². The summed E-state index contributed by atoms with van der Waals surface area (Å²) in [7, 11) is -3.60. The summed E-state index contributed by atoms with van der Waals surface area (Å²) in [5.74, 6) is -1.01. The van der Waals surface area contributed by atoms with E-state index in [0.717, 1.165) is 25.5 Å². The minimum atomic E-state index is -3.60. The Kier molecular flexibility index (Phi) is 6.71. The van der Waals surface area contributed by atoms with Crippen molar-refractivity contribution in [2.45, 2.75) is 0 Å². The lowest BCUT2D eigenvalue weighted by Gasteiger charge is -1.97. The third kappa shape index (κ3) is 6.55. The molecule has 6 heteroatoms. The number of allylic oxidation sites excluding steroid dienone is 1. The number of carbonyl (C=O) groups excluding carboxylic acids is 1. The lowest BCUT2D eigenvalue weighted by atomic mass is 10.2. The summed E-state index contributed by atoms with van der Waals surface area (Å²) >= 11 is 6.64. The molecule has 124 valence electrons. The van der Waals surface area contributed by atoms with Gasteiger partial charge in [0.05, 0.1) is 0 Å². The van der Waals surface area contributed by atoms with Crippen LogP contribution in [0.15, 0.2) is 69.0 Å². The molecule has 0 saturated carbocycles. The maximum absolute atomic E-state index is 12.0. The van der Waals surface area contributed by atoms with Crippen molar-refractivity contribution in [3.8, 4) is 0 Å². The molecule has 2 aromatic carbocycles. The van der Waals surface area contributed by atoms with E-state index in [9.17, 15) is 13.2 Å². The van der Waals surface area contributed by atoms with Crippen molar-refractivity contribution in [2.75, 3.05) is 5.75 Å². The first-order valence-corrected chi connectivity index (χ1v) is 10.3. The average Bonchev–Trinajstić information content (AvgIpc) is 2.53. The summed E-state index contributed by atoms with van der Waals surface area (Å²) in [6.07, 6.45) is 4.37. The molecule has 0 saturated heterocycles. The van der Waals surface area contributed by atoms with Gasteiger partial charge >= 0.3 is 0 Å². The number of halogens is 2. The Labute approximate surface area is 158 Å². The molecule has 0 fully saturated rings. The second-order valence-electron chi connectivity index (χ2n) is 5.01. The van der Waals surface area contributed by atoms with Crippen LogP contribution in [0.25, 0.3) is 12.2 Å². The second kappa shape index (κ2) is 8.55. The van der Waals surface area contributed by atoms with E-state index in [2.05, 4.69) is 31.9 Å². The van der Waals surface area contributed by atoms with Gasteiger partial charge in [-0.1, -0.05) is 62.2 Å². The Morgan fingerprint density at radius 2 is 1.29 bits per heavy atom. The van der Waals surface area contributed by atoms with E-state index in [0.29, 0.717) is 0 Å². The van der Waals surface area contributed by atoms with Crippen LogP contribution < -0.4 is 0 Å². The van der Waals surface area contributed by atoms with Crippen LogP contribution in [-0.4, -0.2) is 20.0 Å². The summed E-state index contributed by atoms with van der Waals surface area (Å²) in [6, 6.07) is 14.6. The Morgan fingerprint density at radius 3 is 1.79 bits per heavy atom. The topological polar surface area (TPSA) is 51.2 Å². The van der Waals surface area contributed by atoms with Crippen molar-refractivity contribution in [1.82, 2.24) is 0 Å². The molecule has 0 aliphatic heterocycles. The van der Waals surface area contributed by atoms with Crippen molar-refractivity contribution < 1.29 is 13.2 Å². The second-order valence-corrected chi connectivity index (χ2v) is 8.73. The smallest absolute Gasteiger partial charge is 0.179 e. The van der Waals surface area contributed by atoms with Crippen LogP contribution in [-0.2, 0) is 14.6 Å². The molecular formula is C18H14Br2O3S. The van der Waals surface area contributed by atoms with Gasteiger partial charge in [0.25, 0.3) is 0 Å². The molecule has 0 aliphatic rings. The molecule has 3 nitrogen and oxygen atoms in total. The maximum Gasteiger partial charge on any atom is 0.179 e. The molecule has 0 atom stereocenters. The van der Waals surface area contributed by atoms with E-state index in [4.69, 9.17) is 0 Å². The maximum atomic E-state index is 12.0. The van der Waals surface area contributed by atoms with Crippen LogP contribution in [0, 0.1) is 0 Å². The van der Waals surface area contributed by atoms with Crippen molar-refractivity contribution in [3.63, 3.8) is 0 Å². The number of rotatable bonds is 6. The zero-order chi connectivity index (χ0) is 17.6. The molecule has 0 radical (unpaired) electrons. The van der Waals surface area contributed by atoms with Crippen LogP contribution >= 0.6 is 31.9 Å². The lowest BCUT2D eigenvalue weighted by Crippen LogP contribution is -2.11. The number of ketones is 1. The fourth-order valence-electron chi connectivity index (χ4n) is 1.81. The molecule has 0 unspecified atom stereocenters. The molecule has 0 aliphatic carbocycles. The SMILES string of the molecule is O=C(/C=C/c1ccc(Br)cc1)CS(=O)(=O)/C=C/c1ccc(Br)cc1. The Morgan fingerprint density at radius 1 is 0.833 bits per heavy atom. The number of benzene rings is 2. The summed E-state index contributed by atoms with van der Waals surface area (Å²) in [5.41, 5.74) is 1.58. The highest BCUT2D eigenvalue weighted by atomic mass is 79.9. The van der Waals surface area contributed by atoms with Crippen LogP contribution in [0.5, 0.6) is 0 Å². The minimum absolute atomic E-state index is 0.460. The predicted octanol–water partition coefficient (Wildman–Crippen LogP) is 4.88. The minimum Gasteiger partial charge on any atom is -0.294 e. The molecule has 0 amide bonds. The van der Waals surface area contributed by atoms with Crippen molar-refractivity contribution in [2.24, 2.45) is 0 Å². The third-order valence-electron chi connectivity index (χ3n) is 3.01. The summed E-state index contributed by atoms with van der Waals surface area (Å²) in [4.78, 5) is 11.8. The first-order valence-electron chi connectivity index (χ1n) is 6.97. The van der Waals surface area contributed by atoms with E-state index >= 15 is 0 Å². The lowest BCUT2D eigenvalue weighted by molar-refractivity contribution is -0.112. The summed E-state index contributed by atoms with van der Waals surface area (Å²) in [5, 5.41) is 1.07. The fourth-order valence-corrected chi connectivity index (χ4v) is 3.30. The van der Waals surface area contributed by atoms with Crippen molar-refractivity contribution in [3.05, 3.63) is 80.1 Å². The monoisotopic (exact) mass is 468 g/mol. The predicted molar refractivity (Wildman–Crippen MR) is 105 cm³/mol. The first-order chi connectivity index (χ1) is 11.3. The fraction of sp³-hybridized carbons (Fsp3) is 0.0556. The molecular weight excluding hydrogens is 456 g/mol. The summed E-state index contributed by atoms with van der Waals surface area (Å²) in [6.45, 7) is 0. The van der Waals surface area contributed by atoms with E-state index in [1.54, 1.807) is 18.2 Å². The Bertz CT molecular complexity index is 865. The number of carbonyl (C=O) groups is 1. The number of hydrogen-bond acceptors (Lipinski definition) is 3. The van der Waals surface area contributed by atoms with Crippen LogP contribution in [0.3, 0.4) is 0 Å². The van der Waals surface area contributed by atoms with Gasteiger partial charge in [0.1, 0.15) is 5.75 Å². The van der Waals surface area contributed by atoms with Gasteiger partial charge in [-0.2, -0.15) is 0 Å². The average molecular weight is 470 g/mol. The zero-order valence-corrected chi connectivity index (χ0v) is 16.5. The molecule has 2 rings (SSSR count). The first kappa shape index (κ1) is 18.8. The van der Waals surface area contributed by atoms with Gasteiger partial charge in [-0.05, 0) is 47.5 Å². The van der Waals surface area contributed by atoms with Gasteiger partial charge in [-0.3, -0.25) is 4.79 Å². The molecule has 2 aromatic rings. The zero-order valence-electron chi connectivity index (χ0n) is 12.5. The normalized spacial score (nSPS) is 12.1. The van der Waals surface area contributed by atoms with Gasteiger partial charge in [-0.25, -0.2) is 8.42 Å². The van der Waals surface area contributed by atoms with Crippen LogP contribution in [0.4, 0.5) is 0 Å². The highest BCUT2D eigenvalue weighted by Crippen LogP contribution is 2.13. The van der Waals surface area contributed by atoms with E-state index in [-0.39, 0.29) is 0 Å². The largest absolute Gasteiger partial charge is 0.294 e. The van der Waals surface area contributed by atoms with E-state index in [1.165, 1.54) is 12.2 Å². The third-order valence-corrected chi connectivity index (χ3v) is 5.31. The van der Waals surface area contributed by atoms with Gasteiger partial charge in [-0.15, -0.1) is 0 Å². The van der Waals surface area contributed by atoms with Gasteiger partial charge in [0.15, 0.2) is 15.6 Å². The summed E-state index contributed by atoms with van der Waals surface area (Å²) < 4.78 is 25.8. The van der Waals surface area contributed by atoms with Gasteiger partial charge in [0, 0.05) is 14.4 Å².